The normalized spacial score (nSPS) is 23.7. The van der Waals surface area contributed by atoms with Gasteiger partial charge < -0.3 is 20.3 Å². The van der Waals surface area contributed by atoms with E-state index in [2.05, 4.69) is 22.5 Å². The molecule has 7 nitrogen and oxygen atoms in total. The van der Waals surface area contributed by atoms with Crippen molar-refractivity contribution in [2.45, 2.75) is 33.2 Å². The summed E-state index contributed by atoms with van der Waals surface area (Å²) in [4.78, 5) is 32.7. The zero-order valence-electron chi connectivity index (χ0n) is 15.5. The van der Waals surface area contributed by atoms with E-state index in [1.807, 2.05) is 11.8 Å². The van der Waals surface area contributed by atoms with Gasteiger partial charge in [-0.3, -0.25) is 9.59 Å². The SMILES string of the molecule is CCc1nc(C)c(CNC(=O)[C@H]2CNC[C@H](C(=O)N3CCOCC3)C2)s1. The monoisotopic (exact) mass is 380 g/mol. The average Bonchev–Trinajstić information content (AvgIpc) is 3.06. The number of aromatic nitrogens is 1. The number of hydrogen-bond donors (Lipinski definition) is 2. The lowest BCUT2D eigenvalue weighted by Crippen LogP contribution is -2.51. The molecule has 0 spiro atoms. The summed E-state index contributed by atoms with van der Waals surface area (Å²) < 4.78 is 5.31. The minimum Gasteiger partial charge on any atom is -0.378 e. The highest BCUT2D eigenvalue weighted by Crippen LogP contribution is 2.21. The van der Waals surface area contributed by atoms with Crippen LogP contribution in [0.25, 0.3) is 0 Å². The minimum atomic E-state index is -0.169. The van der Waals surface area contributed by atoms with Gasteiger partial charge in [0.2, 0.25) is 11.8 Å². The van der Waals surface area contributed by atoms with Gasteiger partial charge in [0.15, 0.2) is 0 Å². The van der Waals surface area contributed by atoms with Crippen LogP contribution in [0.15, 0.2) is 0 Å². The first kappa shape index (κ1) is 19.3. The van der Waals surface area contributed by atoms with Gasteiger partial charge in [0.05, 0.1) is 42.3 Å². The quantitative estimate of drug-likeness (QED) is 0.786. The lowest BCUT2D eigenvalue weighted by atomic mass is 9.88. The Balaban J connectivity index is 1.52. The number of nitrogens with zero attached hydrogens (tertiary/aromatic N) is 2. The molecule has 0 aromatic carbocycles. The van der Waals surface area contributed by atoms with Crippen molar-refractivity contribution in [2.24, 2.45) is 11.8 Å². The van der Waals surface area contributed by atoms with E-state index in [-0.39, 0.29) is 23.7 Å². The number of thiazole rings is 1. The first-order valence-electron chi connectivity index (χ1n) is 9.38. The first-order valence-corrected chi connectivity index (χ1v) is 10.2. The molecule has 1 aromatic heterocycles. The van der Waals surface area contributed by atoms with E-state index in [0.717, 1.165) is 22.0 Å². The summed E-state index contributed by atoms with van der Waals surface area (Å²) in [6.07, 6.45) is 1.52. The Labute approximate surface area is 158 Å². The zero-order chi connectivity index (χ0) is 18.5. The molecule has 0 saturated carbocycles. The van der Waals surface area contributed by atoms with E-state index in [1.54, 1.807) is 11.3 Å². The summed E-state index contributed by atoms with van der Waals surface area (Å²) in [7, 11) is 0. The maximum atomic E-state index is 12.7. The second kappa shape index (κ2) is 8.92. The Morgan fingerprint density at radius 1 is 1.31 bits per heavy atom. The Morgan fingerprint density at radius 2 is 2.04 bits per heavy atom. The van der Waals surface area contributed by atoms with Crippen molar-refractivity contribution < 1.29 is 14.3 Å². The Hall–Kier alpha value is -1.51. The standard InChI is InChI=1S/C18H28N4O3S/c1-3-16-21-12(2)15(26-16)11-20-17(23)13-8-14(10-19-9-13)18(24)22-4-6-25-7-5-22/h13-14,19H,3-11H2,1-2H3,(H,20,23)/t13-,14-/m1/s1. The molecule has 2 saturated heterocycles. The van der Waals surface area contributed by atoms with E-state index < -0.39 is 0 Å². The molecule has 2 fully saturated rings. The summed E-state index contributed by atoms with van der Waals surface area (Å²) in [6, 6.07) is 0. The maximum absolute atomic E-state index is 12.7. The predicted molar refractivity (Wildman–Crippen MR) is 99.9 cm³/mol. The van der Waals surface area contributed by atoms with Gasteiger partial charge in [-0.05, 0) is 19.8 Å². The number of aryl methyl sites for hydroxylation is 2. The molecule has 2 amide bonds. The van der Waals surface area contributed by atoms with E-state index in [1.165, 1.54) is 0 Å². The summed E-state index contributed by atoms with van der Waals surface area (Å²) in [5.74, 6) is -0.140. The molecule has 3 rings (SSSR count). The fourth-order valence-corrected chi connectivity index (χ4v) is 4.44. The van der Waals surface area contributed by atoms with Crippen molar-refractivity contribution in [1.82, 2.24) is 20.5 Å². The molecule has 1 aromatic rings. The third-order valence-electron chi connectivity index (χ3n) is 5.06. The Kier molecular flexibility index (Phi) is 6.61. The van der Waals surface area contributed by atoms with Crippen LogP contribution in [0.4, 0.5) is 0 Å². The molecular formula is C18H28N4O3S. The number of rotatable bonds is 5. The molecule has 0 bridgehead atoms. The van der Waals surface area contributed by atoms with Crippen molar-refractivity contribution in [2.75, 3.05) is 39.4 Å². The molecule has 2 atom stereocenters. The number of morpholine rings is 1. The van der Waals surface area contributed by atoms with Crippen LogP contribution in [0.1, 0.15) is 28.9 Å². The molecule has 2 aliphatic heterocycles. The van der Waals surface area contributed by atoms with Gasteiger partial charge in [0.25, 0.3) is 0 Å². The van der Waals surface area contributed by atoms with Crippen LogP contribution in [0.2, 0.25) is 0 Å². The van der Waals surface area contributed by atoms with E-state index in [4.69, 9.17) is 4.74 Å². The third-order valence-corrected chi connectivity index (χ3v) is 6.36. The van der Waals surface area contributed by atoms with Crippen LogP contribution in [0.3, 0.4) is 0 Å². The van der Waals surface area contributed by atoms with Crippen molar-refractivity contribution in [3.8, 4) is 0 Å². The third kappa shape index (κ3) is 4.61. The molecule has 0 unspecified atom stereocenters. The molecule has 0 aliphatic carbocycles. The van der Waals surface area contributed by atoms with Crippen LogP contribution < -0.4 is 10.6 Å². The maximum Gasteiger partial charge on any atom is 0.227 e. The highest BCUT2D eigenvalue weighted by Gasteiger charge is 2.33. The summed E-state index contributed by atoms with van der Waals surface area (Å²) in [5.41, 5.74) is 0.995. The second-order valence-electron chi connectivity index (χ2n) is 6.91. The number of ether oxygens (including phenoxy) is 1. The van der Waals surface area contributed by atoms with Gasteiger partial charge >= 0.3 is 0 Å². The van der Waals surface area contributed by atoms with Crippen molar-refractivity contribution in [3.05, 3.63) is 15.6 Å². The van der Waals surface area contributed by atoms with Gasteiger partial charge in [0, 0.05) is 31.1 Å². The minimum absolute atomic E-state index is 0.0165. The lowest BCUT2D eigenvalue weighted by Gasteiger charge is -2.34. The van der Waals surface area contributed by atoms with Crippen LogP contribution >= 0.6 is 11.3 Å². The number of amides is 2. The molecule has 2 aliphatic rings. The zero-order valence-corrected chi connectivity index (χ0v) is 16.4. The molecule has 3 heterocycles. The summed E-state index contributed by atoms with van der Waals surface area (Å²) in [6.45, 7) is 8.35. The molecule has 2 N–H and O–H groups in total. The van der Waals surface area contributed by atoms with Crippen LogP contribution in [-0.4, -0.2) is 61.1 Å². The fraction of sp³-hybridized carbons (Fsp3) is 0.722. The first-order chi connectivity index (χ1) is 12.6. The Bertz CT molecular complexity index is 642. The highest BCUT2D eigenvalue weighted by atomic mass is 32.1. The van der Waals surface area contributed by atoms with Gasteiger partial charge in [-0.15, -0.1) is 11.3 Å². The van der Waals surface area contributed by atoms with Crippen molar-refractivity contribution >= 4 is 23.2 Å². The molecule has 8 heteroatoms. The molecule has 144 valence electrons. The lowest BCUT2D eigenvalue weighted by molar-refractivity contribution is -0.141. The number of carbonyl (C=O) groups excluding carboxylic acids is 2. The van der Waals surface area contributed by atoms with Gasteiger partial charge in [-0.1, -0.05) is 6.92 Å². The topological polar surface area (TPSA) is 83.6 Å². The fourth-order valence-electron chi connectivity index (χ4n) is 3.49. The van der Waals surface area contributed by atoms with Crippen LogP contribution in [-0.2, 0) is 27.3 Å². The van der Waals surface area contributed by atoms with Gasteiger partial charge in [0.1, 0.15) is 0 Å². The van der Waals surface area contributed by atoms with E-state index in [9.17, 15) is 9.59 Å². The Morgan fingerprint density at radius 3 is 2.73 bits per heavy atom. The average molecular weight is 381 g/mol. The highest BCUT2D eigenvalue weighted by molar-refractivity contribution is 7.11. The van der Waals surface area contributed by atoms with Crippen molar-refractivity contribution in [3.63, 3.8) is 0 Å². The smallest absolute Gasteiger partial charge is 0.227 e. The van der Waals surface area contributed by atoms with Crippen LogP contribution in [0, 0.1) is 18.8 Å². The summed E-state index contributed by atoms with van der Waals surface area (Å²) in [5, 5.41) is 7.39. The largest absolute Gasteiger partial charge is 0.378 e. The van der Waals surface area contributed by atoms with Gasteiger partial charge in [-0.2, -0.15) is 0 Å². The molecule has 0 radical (unpaired) electrons. The number of piperidine rings is 1. The summed E-state index contributed by atoms with van der Waals surface area (Å²) >= 11 is 1.66. The number of nitrogens with one attached hydrogen (secondary N) is 2. The van der Waals surface area contributed by atoms with Crippen LogP contribution in [0.5, 0.6) is 0 Å². The van der Waals surface area contributed by atoms with Gasteiger partial charge in [-0.25, -0.2) is 4.98 Å². The van der Waals surface area contributed by atoms with E-state index >= 15 is 0 Å². The second-order valence-corrected chi connectivity index (χ2v) is 8.08. The number of carbonyl (C=O) groups is 2. The molecule has 26 heavy (non-hydrogen) atoms. The number of hydrogen-bond acceptors (Lipinski definition) is 6. The molecular weight excluding hydrogens is 352 g/mol. The predicted octanol–water partition coefficient (Wildman–Crippen LogP) is 0.715. The van der Waals surface area contributed by atoms with E-state index in [0.29, 0.717) is 52.4 Å². The van der Waals surface area contributed by atoms with Crippen molar-refractivity contribution in [1.29, 1.82) is 0 Å².